The Morgan fingerprint density at radius 3 is 2.43 bits per heavy atom. The van der Waals surface area contributed by atoms with E-state index in [1.807, 2.05) is 30.3 Å². The van der Waals surface area contributed by atoms with Gasteiger partial charge in [-0.25, -0.2) is 5.01 Å². The highest BCUT2D eigenvalue weighted by molar-refractivity contribution is 9.11. The van der Waals surface area contributed by atoms with Crippen LogP contribution in [0.15, 0.2) is 79.4 Å². The predicted molar refractivity (Wildman–Crippen MR) is 119 cm³/mol. The molecule has 0 saturated heterocycles. The number of benzene rings is 2. The van der Waals surface area contributed by atoms with Gasteiger partial charge >= 0.3 is 0 Å². The van der Waals surface area contributed by atoms with Crippen LogP contribution in [0.3, 0.4) is 0 Å². The van der Waals surface area contributed by atoms with Crippen LogP contribution < -0.4 is 4.74 Å². The van der Waals surface area contributed by atoms with E-state index in [4.69, 9.17) is 9.84 Å². The van der Waals surface area contributed by atoms with Gasteiger partial charge in [0.2, 0.25) is 6.23 Å². The second-order valence-electron chi connectivity index (χ2n) is 6.71. The van der Waals surface area contributed by atoms with E-state index in [-0.39, 0.29) is 12.3 Å². The number of halogens is 3. The average molecular weight is 564 g/mol. The van der Waals surface area contributed by atoms with Gasteiger partial charge in [-0.2, -0.15) is 5.10 Å². The molecule has 0 spiro atoms. The van der Waals surface area contributed by atoms with Gasteiger partial charge < -0.3 is 4.74 Å². The molecule has 0 N–H and O–H groups in total. The highest BCUT2D eigenvalue weighted by Gasteiger charge is 2.41. The molecule has 140 valence electrons. The van der Waals surface area contributed by atoms with E-state index in [0.29, 0.717) is 0 Å². The van der Waals surface area contributed by atoms with Crippen molar-refractivity contribution in [1.29, 1.82) is 0 Å². The molecule has 4 nitrogen and oxygen atoms in total. The first-order valence-electron chi connectivity index (χ1n) is 8.77. The lowest BCUT2D eigenvalue weighted by Gasteiger charge is -2.38. The predicted octanol–water partition coefficient (Wildman–Crippen LogP) is 6.61. The average Bonchev–Trinajstić information content (AvgIpc) is 3.14. The fraction of sp³-hybridized carbons (Fsp3) is 0.143. The minimum atomic E-state index is -0.300. The molecule has 2 aliphatic heterocycles. The fourth-order valence-corrected chi connectivity index (χ4v) is 5.30. The number of aromatic nitrogens is 1. The van der Waals surface area contributed by atoms with E-state index in [9.17, 15) is 0 Å². The summed E-state index contributed by atoms with van der Waals surface area (Å²) in [5.74, 6) is 0.874. The van der Waals surface area contributed by atoms with Crippen LogP contribution in [0, 0.1) is 0 Å². The van der Waals surface area contributed by atoms with Crippen LogP contribution in [0.25, 0.3) is 0 Å². The van der Waals surface area contributed by atoms with Gasteiger partial charge in [-0.1, -0.05) is 44.0 Å². The minimum Gasteiger partial charge on any atom is -0.463 e. The fourth-order valence-electron chi connectivity index (χ4n) is 3.68. The number of hydrogen-bond donors (Lipinski definition) is 0. The summed E-state index contributed by atoms with van der Waals surface area (Å²) in [6, 6.07) is 16.5. The molecule has 5 rings (SSSR count). The lowest BCUT2D eigenvalue weighted by molar-refractivity contribution is -0.0197. The monoisotopic (exact) mass is 561 g/mol. The quantitative estimate of drug-likeness (QED) is 0.352. The molecule has 0 aliphatic carbocycles. The van der Waals surface area contributed by atoms with E-state index in [1.54, 1.807) is 12.4 Å². The zero-order chi connectivity index (χ0) is 19.3. The molecule has 0 radical (unpaired) electrons. The second kappa shape index (κ2) is 7.28. The van der Waals surface area contributed by atoms with E-state index < -0.39 is 0 Å². The Bertz CT molecular complexity index is 1070. The largest absolute Gasteiger partial charge is 0.463 e. The standard InChI is InChI=1S/C21H14Br3N3O/c22-14-3-1-12(2-4-14)18-11-19-16-9-15(23)10-17(24)20(16)28-21(27(19)26-18)13-5-7-25-8-6-13/h1-10,19,21H,11H2/t19-,21-/m1/s1. The number of ether oxygens (including phenoxy) is 1. The summed E-state index contributed by atoms with van der Waals surface area (Å²) in [5.41, 5.74) is 4.34. The van der Waals surface area contributed by atoms with Crippen molar-refractivity contribution in [3.05, 3.63) is 91.0 Å². The Balaban J connectivity index is 1.63. The van der Waals surface area contributed by atoms with Crippen molar-refractivity contribution in [3.8, 4) is 5.75 Å². The topological polar surface area (TPSA) is 37.7 Å². The van der Waals surface area contributed by atoms with Gasteiger partial charge in [0.25, 0.3) is 0 Å². The summed E-state index contributed by atoms with van der Waals surface area (Å²) in [7, 11) is 0. The lowest BCUT2D eigenvalue weighted by Crippen LogP contribution is -2.33. The van der Waals surface area contributed by atoms with Gasteiger partial charge in [0.1, 0.15) is 5.75 Å². The van der Waals surface area contributed by atoms with Crippen LogP contribution in [0.1, 0.15) is 35.4 Å². The Morgan fingerprint density at radius 1 is 0.929 bits per heavy atom. The third-order valence-electron chi connectivity index (χ3n) is 4.98. The van der Waals surface area contributed by atoms with E-state index in [2.05, 4.69) is 76.0 Å². The normalized spacial score (nSPS) is 20.2. The van der Waals surface area contributed by atoms with Crippen LogP contribution >= 0.6 is 47.8 Å². The lowest BCUT2D eigenvalue weighted by atomic mass is 9.96. The van der Waals surface area contributed by atoms with Crippen molar-refractivity contribution in [3.63, 3.8) is 0 Å². The summed E-state index contributed by atoms with van der Waals surface area (Å²) < 4.78 is 9.45. The van der Waals surface area contributed by atoms with Crippen molar-refractivity contribution in [2.24, 2.45) is 5.10 Å². The summed E-state index contributed by atoms with van der Waals surface area (Å²) in [6.07, 6.45) is 4.10. The number of nitrogens with zero attached hydrogens (tertiary/aromatic N) is 3. The van der Waals surface area contributed by atoms with E-state index >= 15 is 0 Å². The molecule has 3 aromatic rings. The smallest absolute Gasteiger partial charge is 0.214 e. The number of pyridine rings is 1. The van der Waals surface area contributed by atoms with Crippen molar-refractivity contribution in [2.45, 2.75) is 18.7 Å². The van der Waals surface area contributed by atoms with Crippen molar-refractivity contribution < 1.29 is 4.74 Å². The van der Waals surface area contributed by atoms with E-state index in [0.717, 1.165) is 48.0 Å². The first-order chi connectivity index (χ1) is 13.6. The maximum Gasteiger partial charge on any atom is 0.214 e. The van der Waals surface area contributed by atoms with Crippen LogP contribution in [0.4, 0.5) is 0 Å². The van der Waals surface area contributed by atoms with Crippen molar-refractivity contribution in [1.82, 2.24) is 9.99 Å². The Hall–Kier alpha value is -1.70. The van der Waals surface area contributed by atoms with Crippen LogP contribution in [0.2, 0.25) is 0 Å². The maximum absolute atomic E-state index is 6.44. The molecule has 0 saturated carbocycles. The zero-order valence-corrected chi connectivity index (χ0v) is 19.3. The number of hydrogen-bond acceptors (Lipinski definition) is 4. The van der Waals surface area contributed by atoms with Crippen LogP contribution in [-0.4, -0.2) is 15.7 Å². The van der Waals surface area contributed by atoms with Gasteiger partial charge in [-0.15, -0.1) is 0 Å². The zero-order valence-electron chi connectivity index (χ0n) is 14.5. The molecule has 0 bridgehead atoms. The molecule has 3 heterocycles. The SMILES string of the molecule is Brc1ccc(C2=NN3[C@H](C2)c2cc(Br)cc(Br)c2O[C@@H]3c2ccncc2)cc1. The highest BCUT2D eigenvalue weighted by atomic mass is 79.9. The molecule has 2 aromatic carbocycles. The molecule has 0 fully saturated rings. The highest BCUT2D eigenvalue weighted by Crippen LogP contribution is 2.50. The molecular weight excluding hydrogens is 550 g/mol. The summed E-state index contributed by atoms with van der Waals surface area (Å²) >= 11 is 10.8. The molecule has 0 unspecified atom stereocenters. The summed E-state index contributed by atoms with van der Waals surface area (Å²) in [6.45, 7) is 0. The summed E-state index contributed by atoms with van der Waals surface area (Å²) in [5, 5.41) is 7.06. The molecule has 28 heavy (non-hydrogen) atoms. The van der Waals surface area contributed by atoms with Crippen LogP contribution in [0.5, 0.6) is 5.75 Å². The van der Waals surface area contributed by atoms with Gasteiger partial charge in [0.05, 0.1) is 16.2 Å². The van der Waals surface area contributed by atoms with Crippen molar-refractivity contribution >= 4 is 53.5 Å². The molecule has 2 aliphatic rings. The van der Waals surface area contributed by atoms with Crippen molar-refractivity contribution in [2.75, 3.05) is 0 Å². The molecule has 2 atom stereocenters. The first-order valence-corrected chi connectivity index (χ1v) is 11.2. The van der Waals surface area contributed by atoms with Gasteiger partial charge in [0, 0.05) is 38.9 Å². The Morgan fingerprint density at radius 2 is 1.68 bits per heavy atom. The van der Waals surface area contributed by atoms with Gasteiger partial charge in [0.15, 0.2) is 0 Å². The third-order valence-corrected chi connectivity index (χ3v) is 6.55. The Labute approximate surface area is 188 Å². The van der Waals surface area contributed by atoms with Crippen LogP contribution in [-0.2, 0) is 0 Å². The molecule has 7 heteroatoms. The number of hydrazone groups is 1. The molecule has 1 aromatic heterocycles. The van der Waals surface area contributed by atoms with Gasteiger partial charge in [-0.3, -0.25) is 4.98 Å². The first kappa shape index (κ1) is 18.3. The second-order valence-corrected chi connectivity index (χ2v) is 9.40. The molecular formula is C21H14Br3N3O. The number of fused-ring (bicyclic) bond motifs is 3. The number of rotatable bonds is 2. The summed E-state index contributed by atoms with van der Waals surface area (Å²) in [4.78, 5) is 4.14. The maximum atomic E-state index is 6.44. The van der Waals surface area contributed by atoms with Gasteiger partial charge in [-0.05, 0) is 57.9 Å². The third kappa shape index (κ3) is 3.19. The Kier molecular flexibility index (Phi) is 4.77. The minimum absolute atomic E-state index is 0.106. The van der Waals surface area contributed by atoms with E-state index in [1.165, 1.54) is 0 Å². The molecule has 0 amide bonds.